The monoisotopic (exact) mass is 319 g/mol. The standard InChI is InChI=1S/C9H10IN3S/c1-2-9-12-8(6-14-9)5-13-4-7(10)3-11-13/h3-4,6H,2,5H2,1H3. The number of thiazole rings is 1. The minimum atomic E-state index is 0.777. The van der Waals surface area contributed by atoms with Crippen LogP contribution < -0.4 is 0 Å². The first-order valence-electron chi connectivity index (χ1n) is 4.39. The molecule has 2 aromatic rings. The third kappa shape index (κ3) is 2.33. The molecule has 0 unspecified atom stereocenters. The molecular weight excluding hydrogens is 309 g/mol. The van der Waals surface area contributed by atoms with Crippen molar-refractivity contribution >= 4 is 33.9 Å². The van der Waals surface area contributed by atoms with Crippen molar-refractivity contribution < 1.29 is 0 Å². The van der Waals surface area contributed by atoms with E-state index in [4.69, 9.17) is 0 Å². The van der Waals surface area contributed by atoms with Crippen LogP contribution in [0.3, 0.4) is 0 Å². The molecule has 74 valence electrons. The fourth-order valence-electron chi connectivity index (χ4n) is 1.17. The Bertz CT molecular complexity index is 421. The molecule has 0 fully saturated rings. The van der Waals surface area contributed by atoms with Crippen molar-refractivity contribution in [3.05, 3.63) is 32.0 Å². The average Bonchev–Trinajstić information content (AvgIpc) is 2.76. The maximum atomic E-state index is 4.49. The molecular formula is C9H10IN3S. The lowest BCUT2D eigenvalue weighted by Crippen LogP contribution is -2.00. The molecule has 0 aliphatic heterocycles. The molecule has 0 aliphatic carbocycles. The molecule has 0 atom stereocenters. The van der Waals surface area contributed by atoms with E-state index in [2.05, 4.69) is 45.0 Å². The van der Waals surface area contributed by atoms with Gasteiger partial charge in [0.2, 0.25) is 0 Å². The Balaban J connectivity index is 2.10. The Kier molecular flexibility index (Phi) is 3.17. The molecule has 0 saturated carbocycles. The van der Waals surface area contributed by atoms with Crippen LogP contribution in [0.25, 0.3) is 0 Å². The smallest absolute Gasteiger partial charge is 0.0926 e. The SMILES string of the molecule is CCc1nc(Cn2cc(I)cn2)cs1. The first-order chi connectivity index (χ1) is 6.78. The van der Waals surface area contributed by atoms with Crippen LogP contribution in [-0.2, 0) is 13.0 Å². The zero-order chi connectivity index (χ0) is 9.97. The lowest BCUT2D eigenvalue weighted by atomic mass is 10.4. The summed E-state index contributed by atoms with van der Waals surface area (Å²) in [6, 6.07) is 0. The highest BCUT2D eigenvalue weighted by molar-refractivity contribution is 14.1. The number of halogens is 1. The van der Waals surface area contributed by atoms with Crippen LogP contribution in [0.1, 0.15) is 17.6 Å². The van der Waals surface area contributed by atoms with E-state index in [1.807, 2.05) is 17.1 Å². The van der Waals surface area contributed by atoms with E-state index in [1.54, 1.807) is 11.3 Å². The second-order valence-electron chi connectivity index (χ2n) is 2.94. The van der Waals surface area contributed by atoms with Crippen molar-refractivity contribution in [2.75, 3.05) is 0 Å². The summed E-state index contributed by atoms with van der Waals surface area (Å²) in [4.78, 5) is 4.49. The van der Waals surface area contributed by atoms with E-state index in [1.165, 1.54) is 5.01 Å². The number of aryl methyl sites for hydroxylation is 1. The van der Waals surface area contributed by atoms with E-state index in [0.717, 1.165) is 22.2 Å². The molecule has 0 bridgehead atoms. The molecule has 0 aliphatic rings. The molecule has 0 amide bonds. The summed E-state index contributed by atoms with van der Waals surface area (Å²) < 4.78 is 3.07. The van der Waals surface area contributed by atoms with Crippen molar-refractivity contribution in [1.82, 2.24) is 14.8 Å². The molecule has 2 rings (SSSR count). The van der Waals surface area contributed by atoms with Gasteiger partial charge in [0.05, 0.1) is 27.0 Å². The Labute approximate surface area is 100 Å². The topological polar surface area (TPSA) is 30.7 Å². The second kappa shape index (κ2) is 4.39. The summed E-state index contributed by atoms with van der Waals surface area (Å²) in [6.45, 7) is 2.90. The summed E-state index contributed by atoms with van der Waals surface area (Å²) in [5.74, 6) is 0. The lowest BCUT2D eigenvalue weighted by Gasteiger charge is -1.95. The number of rotatable bonds is 3. The molecule has 0 radical (unpaired) electrons. The van der Waals surface area contributed by atoms with Crippen molar-refractivity contribution in [3.8, 4) is 0 Å². The number of nitrogens with zero attached hydrogens (tertiary/aromatic N) is 3. The Morgan fingerprint density at radius 2 is 2.43 bits per heavy atom. The number of aromatic nitrogens is 3. The molecule has 0 aromatic carbocycles. The second-order valence-corrected chi connectivity index (χ2v) is 5.13. The van der Waals surface area contributed by atoms with Gasteiger partial charge in [-0.2, -0.15) is 5.10 Å². The molecule has 2 aromatic heterocycles. The maximum Gasteiger partial charge on any atom is 0.0926 e. The molecule has 14 heavy (non-hydrogen) atoms. The highest BCUT2D eigenvalue weighted by atomic mass is 127. The van der Waals surface area contributed by atoms with Gasteiger partial charge in [0.1, 0.15) is 0 Å². The van der Waals surface area contributed by atoms with Gasteiger partial charge in [0.25, 0.3) is 0 Å². The predicted molar refractivity (Wildman–Crippen MR) is 65.5 cm³/mol. The molecule has 0 spiro atoms. The summed E-state index contributed by atoms with van der Waals surface area (Å²) in [6.07, 6.45) is 4.89. The summed E-state index contributed by atoms with van der Waals surface area (Å²) in [5, 5.41) is 7.52. The highest BCUT2D eigenvalue weighted by Gasteiger charge is 2.01. The highest BCUT2D eigenvalue weighted by Crippen LogP contribution is 2.11. The van der Waals surface area contributed by atoms with Gasteiger partial charge in [-0.05, 0) is 29.0 Å². The van der Waals surface area contributed by atoms with Gasteiger partial charge in [-0.1, -0.05) is 6.92 Å². The fraction of sp³-hybridized carbons (Fsp3) is 0.333. The third-order valence-electron chi connectivity index (χ3n) is 1.83. The zero-order valence-corrected chi connectivity index (χ0v) is 10.7. The van der Waals surface area contributed by atoms with Crippen molar-refractivity contribution in [2.45, 2.75) is 19.9 Å². The lowest BCUT2D eigenvalue weighted by molar-refractivity contribution is 0.674. The Hall–Kier alpha value is -0.430. The molecule has 5 heteroatoms. The summed E-state index contributed by atoms with van der Waals surface area (Å²) in [7, 11) is 0. The van der Waals surface area contributed by atoms with E-state index in [0.29, 0.717) is 0 Å². The van der Waals surface area contributed by atoms with Gasteiger partial charge >= 0.3 is 0 Å². The van der Waals surface area contributed by atoms with Crippen LogP contribution in [0.4, 0.5) is 0 Å². The van der Waals surface area contributed by atoms with Crippen LogP contribution in [0.2, 0.25) is 0 Å². The van der Waals surface area contributed by atoms with E-state index in [9.17, 15) is 0 Å². The zero-order valence-electron chi connectivity index (χ0n) is 7.77. The minimum absolute atomic E-state index is 0.777. The van der Waals surface area contributed by atoms with Crippen molar-refractivity contribution in [2.24, 2.45) is 0 Å². The largest absolute Gasteiger partial charge is 0.266 e. The van der Waals surface area contributed by atoms with Gasteiger partial charge in [-0.15, -0.1) is 11.3 Å². The van der Waals surface area contributed by atoms with Gasteiger partial charge in [0.15, 0.2) is 0 Å². The maximum absolute atomic E-state index is 4.49. The van der Waals surface area contributed by atoms with Gasteiger partial charge < -0.3 is 0 Å². The average molecular weight is 319 g/mol. The van der Waals surface area contributed by atoms with E-state index in [-0.39, 0.29) is 0 Å². The fourth-order valence-corrected chi connectivity index (χ4v) is 2.36. The third-order valence-corrected chi connectivity index (χ3v) is 3.43. The van der Waals surface area contributed by atoms with Crippen LogP contribution in [0, 0.1) is 3.57 Å². The number of hydrogen-bond donors (Lipinski definition) is 0. The molecule has 3 nitrogen and oxygen atoms in total. The van der Waals surface area contributed by atoms with Gasteiger partial charge in [0, 0.05) is 11.6 Å². The van der Waals surface area contributed by atoms with Gasteiger partial charge in [-0.25, -0.2) is 4.98 Å². The molecule has 0 saturated heterocycles. The molecule has 0 N–H and O–H groups in total. The first kappa shape index (κ1) is 10.1. The molecule has 2 heterocycles. The van der Waals surface area contributed by atoms with Crippen LogP contribution in [0.5, 0.6) is 0 Å². The normalized spacial score (nSPS) is 10.7. The van der Waals surface area contributed by atoms with Crippen LogP contribution in [-0.4, -0.2) is 14.8 Å². The quantitative estimate of drug-likeness (QED) is 0.814. The van der Waals surface area contributed by atoms with Crippen molar-refractivity contribution in [1.29, 1.82) is 0 Å². The van der Waals surface area contributed by atoms with Crippen molar-refractivity contribution in [3.63, 3.8) is 0 Å². The Morgan fingerprint density at radius 3 is 3.00 bits per heavy atom. The Morgan fingerprint density at radius 1 is 1.57 bits per heavy atom. The summed E-state index contributed by atoms with van der Waals surface area (Å²) in [5.41, 5.74) is 1.10. The van der Waals surface area contributed by atoms with Crippen LogP contribution in [0.15, 0.2) is 17.8 Å². The first-order valence-corrected chi connectivity index (χ1v) is 6.35. The van der Waals surface area contributed by atoms with E-state index >= 15 is 0 Å². The van der Waals surface area contributed by atoms with Crippen LogP contribution >= 0.6 is 33.9 Å². The van der Waals surface area contributed by atoms with Gasteiger partial charge in [-0.3, -0.25) is 4.68 Å². The number of hydrogen-bond acceptors (Lipinski definition) is 3. The predicted octanol–water partition coefficient (Wildman–Crippen LogP) is 2.55. The minimum Gasteiger partial charge on any atom is -0.266 e. The van der Waals surface area contributed by atoms with E-state index < -0.39 is 0 Å². The summed E-state index contributed by atoms with van der Waals surface area (Å²) >= 11 is 3.98.